The normalized spacial score (nSPS) is 20.6. The van der Waals surface area contributed by atoms with E-state index >= 15 is 0 Å². The number of amides is 1. The van der Waals surface area contributed by atoms with Gasteiger partial charge in [0.1, 0.15) is 6.61 Å². The van der Waals surface area contributed by atoms with Crippen molar-refractivity contribution in [3.8, 4) is 11.1 Å². The molecule has 3 aromatic rings. The number of ether oxygens (including phenoxy) is 1. The van der Waals surface area contributed by atoms with E-state index in [0.29, 0.717) is 13.0 Å². The van der Waals surface area contributed by atoms with E-state index in [1.54, 1.807) is 6.07 Å². The molecule has 3 aliphatic rings. The number of benzene rings is 3. The molecule has 1 amide bonds. The second-order valence-corrected chi connectivity index (χ2v) is 9.46. The Labute approximate surface area is 197 Å². The predicted molar refractivity (Wildman–Crippen MR) is 126 cm³/mol. The summed E-state index contributed by atoms with van der Waals surface area (Å²) in [5, 5.41) is 0. The van der Waals surface area contributed by atoms with E-state index in [1.165, 1.54) is 40.0 Å². The lowest BCUT2D eigenvalue weighted by Crippen LogP contribution is -2.44. The molecular weight excluding hydrogens is 432 g/mol. The Morgan fingerprint density at radius 2 is 1.62 bits per heavy atom. The minimum atomic E-state index is -0.831. The van der Waals surface area contributed by atoms with Crippen molar-refractivity contribution in [3.63, 3.8) is 0 Å². The van der Waals surface area contributed by atoms with E-state index in [1.807, 2.05) is 29.2 Å². The van der Waals surface area contributed by atoms with E-state index in [9.17, 15) is 13.6 Å². The highest BCUT2D eigenvalue weighted by Crippen LogP contribution is 2.45. The molecule has 0 aromatic heterocycles. The average molecular weight is 458 g/mol. The summed E-state index contributed by atoms with van der Waals surface area (Å²) in [6.07, 6.45) is 4.98. The van der Waals surface area contributed by atoms with Crippen LogP contribution in [-0.2, 0) is 11.2 Å². The fourth-order valence-corrected chi connectivity index (χ4v) is 5.91. The first-order valence-electron chi connectivity index (χ1n) is 11.9. The van der Waals surface area contributed by atoms with Gasteiger partial charge in [0.2, 0.25) is 0 Å². The molecule has 0 radical (unpaired) electrons. The van der Waals surface area contributed by atoms with Crippen molar-refractivity contribution in [2.75, 3.05) is 6.61 Å². The fraction of sp³-hybridized carbons (Fsp3) is 0.276. The van der Waals surface area contributed by atoms with Gasteiger partial charge < -0.3 is 4.74 Å². The van der Waals surface area contributed by atoms with Crippen molar-refractivity contribution in [3.05, 3.63) is 107 Å². The van der Waals surface area contributed by atoms with E-state index < -0.39 is 11.6 Å². The summed E-state index contributed by atoms with van der Waals surface area (Å²) < 4.78 is 32.8. The molecule has 2 aliphatic heterocycles. The summed E-state index contributed by atoms with van der Waals surface area (Å²) in [5.74, 6) is -1.61. The van der Waals surface area contributed by atoms with Crippen LogP contribution in [0.25, 0.3) is 11.1 Å². The van der Waals surface area contributed by atoms with Gasteiger partial charge in [-0.1, -0.05) is 66.2 Å². The zero-order chi connectivity index (χ0) is 23.2. The minimum Gasteiger partial charge on any atom is -0.448 e. The van der Waals surface area contributed by atoms with E-state index in [0.717, 1.165) is 24.8 Å². The molecule has 6 rings (SSSR count). The molecule has 2 heterocycles. The van der Waals surface area contributed by atoms with Crippen LogP contribution in [0.15, 0.2) is 78.4 Å². The third-order valence-corrected chi connectivity index (χ3v) is 7.43. The molecule has 2 atom stereocenters. The van der Waals surface area contributed by atoms with Crippen LogP contribution in [0.5, 0.6) is 0 Å². The number of halogens is 2. The van der Waals surface area contributed by atoms with Crippen molar-refractivity contribution >= 4 is 6.09 Å². The number of carbonyl (C=O) groups excluding carboxylic acids is 1. The second kappa shape index (κ2) is 8.39. The summed E-state index contributed by atoms with van der Waals surface area (Å²) in [6.45, 7) is 0.314. The molecular formula is C29H25F2NO2. The number of hydrogen-bond acceptors (Lipinski definition) is 2. The Bertz CT molecular complexity index is 1260. The van der Waals surface area contributed by atoms with Crippen molar-refractivity contribution in [1.29, 1.82) is 0 Å². The standard InChI is InChI=1S/C29H25F2NO2/c30-27-12-9-18(16-28(27)31)13-19-14-20-10-11-21(15-19)32(20)29(33)34-17-26-24-7-3-1-5-22(24)23-6-2-4-8-25(23)26/h1-9,12,14,16,20-21,26H,10-11,13,15,17H2. The lowest BCUT2D eigenvalue weighted by Gasteiger charge is -2.33. The molecule has 1 saturated heterocycles. The Balaban J connectivity index is 1.16. The molecule has 2 bridgehead atoms. The third-order valence-electron chi connectivity index (χ3n) is 7.43. The summed E-state index contributed by atoms with van der Waals surface area (Å²) in [5.41, 5.74) is 6.74. The Morgan fingerprint density at radius 3 is 2.29 bits per heavy atom. The van der Waals surface area contributed by atoms with E-state index in [2.05, 4.69) is 30.3 Å². The summed E-state index contributed by atoms with van der Waals surface area (Å²) in [4.78, 5) is 15.0. The zero-order valence-corrected chi connectivity index (χ0v) is 18.7. The second-order valence-electron chi connectivity index (χ2n) is 9.46. The van der Waals surface area contributed by atoms with Gasteiger partial charge in [0.05, 0.1) is 6.04 Å². The van der Waals surface area contributed by atoms with Gasteiger partial charge in [0, 0.05) is 12.0 Å². The SMILES string of the molecule is O=C(OCC1c2ccccc2-c2ccccc21)N1C2C=C(Cc3ccc(F)c(F)c3)CC1CC2. The number of carbonyl (C=O) groups is 1. The number of fused-ring (bicyclic) bond motifs is 5. The maximum absolute atomic E-state index is 13.6. The molecule has 1 aliphatic carbocycles. The lowest BCUT2D eigenvalue weighted by atomic mass is 9.95. The molecule has 1 fully saturated rings. The predicted octanol–water partition coefficient (Wildman–Crippen LogP) is 6.62. The number of nitrogens with zero attached hydrogens (tertiary/aromatic N) is 1. The minimum absolute atomic E-state index is 0.00491. The van der Waals surface area contributed by atoms with Crippen LogP contribution in [0.4, 0.5) is 13.6 Å². The smallest absolute Gasteiger partial charge is 0.410 e. The average Bonchev–Trinajstić information content (AvgIpc) is 3.31. The Kier molecular flexibility index (Phi) is 5.20. The van der Waals surface area contributed by atoms with Gasteiger partial charge in [-0.3, -0.25) is 4.90 Å². The van der Waals surface area contributed by atoms with Crippen LogP contribution < -0.4 is 0 Å². The zero-order valence-electron chi connectivity index (χ0n) is 18.7. The quantitative estimate of drug-likeness (QED) is 0.412. The highest BCUT2D eigenvalue weighted by molar-refractivity contribution is 5.79. The molecule has 172 valence electrons. The molecule has 34 heavy (non-hydrogen) atoms. The van der Waals surface area contributed by atoms with Crippen LogP contribution in [0.2, 0.25) is 0 Å². The molecule has 3 aromatic carbocycles. The van der Waals surface area contributed by atoms with Gasteiger partial charge in [0.15, 0.2) is 11.6 Å². The van der Waals surface area contributed by atoms with Crippen molar-refractivity contribution < 1.29 is 18.3 Å². The van der Waals surface area contributed by atoms with Crippen LogP contribution in [-0.4, -0.2) is 29.7 Å². The summed E-state index contributed by atoms with van der Waals surface area (Å²) >= 11 is 0. The maximum atomic E-state index is 13.6. The maximum Gasteiger partial charge on any atom is 0.410 e. The first-order chi connectivity index (χ1) is 16.6. The highest BCUT2D eigenvalue weighted by atomic mass is 19.2. The highest BCUT2D eigenvalue weighted by Gasteiger charge is 2.41. The van der Waals surface area contributed by atoms with Crippen molar-refractivity contribution in [1.82, 2.24) is 4.90 Å². The van der Waals surface area contributed by atoms with Crippen LogP contribution >= 0.6 is 0 Å². The topological polar surface area (TPSA) is 29.5 Å². The molecule has 3 nitrogen and oxygen atoms in total. The Hall–Kier alpha value is -3.47. The Morgan fingerprint density at radius 1 is 0.912 bits per heavy atom. The molecule has 0 N–H and O–H groups in total. The van der Waals surface area contributed by atoms with E-state index in [4.69, 9.17) is 4.74 Å². The molecule has 5 heteroatoms. The van der Waals surface area contributed by atoms with Gasteiger partial charge in [-0.05, 0) is 65.6 Å². The largest absolute Gasteiger partial charge is 0.448 e. The van der Waals surface area contributed by atoms with Crippen molar-refractivity contribution in [2.45, 2.75) is 43.7 Å². The first kappa shape index (κ1) is 21.1. The van der Waals surface area contributed by atoms with Crippen LogP contribution in [0, 0.1) is 11.6 Å². The molecule has 2 unspecified atom stereocenters. The summed E-state index contributed by atoms with van der Waals surface area (Å²) in [6, 6.07) is 20.8. The van der Waals surface area contributed by atoms with E-state index in [-0.39, 0.29) is 24.1 Å². The summed E-state index contributed by atoms with van der Waals surface area (Å²) in [7, 11) is 0. The molecule has 0 spiro atoms. The number of rotatable bonds is 4. The van der Waals surface area contributed by atoms with Gasteiger partial charge in [0.25, 0.3) is 0 Å². The lowest BCUT2D eigenvalue weighted by molar-refractivity contribution is 0.0849. The molecule has 0 saturated carbocycles. The van der Waals surface area contributed by atoms with Gasteiger partial charge >= 0.3 is 6.09 Å². The monoisotopic (exact) mass is 457 g/mol. The van der Waals surface area contributed by atoms with Crippen LogP contribution in [0.1, 0.15) is 41.9 Å². The van der Waals surface area contributed by atoms with Gasteiger partial charge in [-0.2, -0.15) is 0 Å². The van der Waals surface area contributed by atoms with Gasteiger partial charge in [-0.25, -0.2) is 13.6 Å². The first-order valence-corrected chi connectivity index (χ1v) is 11.9. The number of hydrogen-bond donors (Lipinski definition) is 0. The third kappa shape index (κ3) is 3.60. The van der Waals surface area contributed by atoms with Crippen molar-refractivity contribution in [2.24, 2.45) is 0 Å². The van der Waals surface area contributed by atoms with Crippen LogP contribution in [0.3, 0.4) is 0 Å². The fourth-order valence-electron chi connectivity index (χ4n) is 5.91. The van der Waals surface area contributed by atoms with Gasteiger partial charge in [-0.15, -0.1) is 0 Å².